The largest absolute Gasteiger partial charge is 0.464 e. The number of esters is 2. The molecule has 0 aromatic carbocycles. The first-order chi connectivity index (χ1) is 10.5. The number of methoxy groups -OCH3 is 1. The van der Waals surface area contributed by atoms with Crippen LogP contribution in [0.4, 0.5) is 5.13 Å². The van der Waals surface area contributed by atoms with Crippen LogP contribution in [0.15, 0.2) is 10.5 Å². The topological polar surface area (TPSA) is 116 Å². The van der Waals surface area contributed by atoms with Gasteiger partial charge in [-0.3, -0.25) is 10.1 Å². The van der Waals surface area contributed by atoms with E-state index in [2.05, 4.69) is 29.8 Å². The summed E-state index contributed by atoms with van der Waals surface area (Å²) < 4.78 is 9.23. The molecule has 0 spiro atoms. The summed E-state index contributed by atoms with van der Waals surface area (Å²) in [5.41, 5.74) is -0.00812. The van der Waals surface area contributed by atoms with Gasteiger partial charge >= 0.3 is 17.8 Å². The predicted molar refractivity (Wildman–Crippen MR) is 77.6 cm³/mol. The third-order valence-electron chi connectivity index (χ3n) is 2.15. The van der Waals surface area contributed by atoms with E-state index in [0.29, 0.717) is 6.42 Å². The Kier molecular flexibility index (Phi) is 6.96. The second-order valence-electron chi connectivity index (χ2n) is 3.74. The fourth-order valence-electron chi connectivity index (χ4n) is 1.22. The first kappa shape index (κ1) is 17.6. The van der Waals surface area contributed by atoms with Crippen molar-refractivity contribution in [1.82, 2.24) is 4.98 Å². The molecule has 0 fully saturated rings. The van der Waals surface area contributed by atoms with Gasteiger partial charge in [-0.05, 0) is 6.42 Å². The smallest absolute Gasteiger partial charge is 0.397 e. The molecule has 1 N–H and O–H groups in total. The summed E-state index contributed by atoms with van der Waals surface area (Å²) in [4.78, 5) is 42.9. The zero-order chi connectivity index (χ0) is 16.5. The number of thiazole rings is 1. The number of amides is 1. The van der Waals surface area contributed by atoms with E-state index in [1.54, 1.807) is 0 Å². The number of carbonyl (C=O) groups excluding carboxylic acids is 3. The van der Waals surface area contributed by atoms with Crippen molar-refractivity contribution in [3.05, 3.63) is 11.1 Å². The van der Waals surface area contributed by atoms with Crippen molar-refractivity contribution >= 4 is 40.0 Å². The highest BCUT2D eigenvalue weighted by Crippen LogP contribution is 2.16. The molecule has 1 aromatic rings. The molecule has 1 rings (SSSR count). The van der Waals surface area contributed by atoms with Gasteiger partial charge in [-0.25, -0.2) is 14.6 Å². The van der Waals surface area contributed by atoms with E-state index in [1.165, 1.54) is 19.6 Å². The maximum Gasteiger partial charge on any atom is 0.397 e. The van der Waals surface area contributed by atoms with E-state index < -0.39 is 17.8 Å². The van der Waals surface area contributed by atoms with Crippen molar-refractivity contribution in [1.29, 1.82) is 0 Å². The summed E-state index contributed by atoms with van der Waals surface area (Å²) in [7, 11) is 2.45. The number of hydrogen-bond acceptors (Lipinski definition) is 9. The van der Waals surface area contributed by atoms with Crippen LogP contribution in [-0.4, -0.2) is 49.4 Å². The van der Waals surface area contributed by atoms with Crippen LogP contribution in [0.1, 0.15) is 19.0 Å². The van der Waals surface area contributed by atoms with E-state index in [9.17, 15) is 14.4 Å². The Balaban J connectivity index is 2.79. The van der Waals surface area contributed by atoms with Crippen molar-refractivity contribution < 1.29 is 28.7 Å². The van der Waals surface area contributed by atoms with Gasteiger partial charge < -0.3 is 14.3 Å². The van der Waals surface area contributed by atoms with E-state index in [4.69, 9.17) is 0 Å². The molecule has 0 saturated heterocycles. The summed E-state index contributed by atoms with van der Waals surface area (Å²) in [6.07, 6.45) is 0.608. The molecule has 0 saturated carbocycles. The third-order valence-corrected chi connectivity index (χ3v) is 2.91. The lowest BCUT2D eigenvalue weighted by Gasteiger charge is -2.02. The Hall–Kier alpha value is -2.49. The van der Waals surface area contributed by atoms with Crippen molar-refractivity contribution in [2.75, 3.05) is 26.1 Å². The molecule has 0 atom stereocenters. The lowest BCUT2D eigenvalue weighted by atomic mass is 10.3. The molecule has 9 nitrogen and oxygen atoms in total. The van der Waals surface area contributed by atoms with Crippen LogP contribution in [0.25, 0.3) is 0 Å². The number of aromatic nitrogens is 1. The summed E-state index contributed by atoms with van der Waals surface area (Å²) in [6, 6.07) is 0. The van der Waals surface area contributed by atoms with Gasteiger partial charge in [0.2, 0.25) is 5.71 Å². The van der Waals surface area contributed by atoms with E-state index in [-0.39, 0.29) is 23.1 Å². The average Bonchev–Trinajstić information content (AvgIpc) is 2.97. The number of oxime groups is 1. The minimum absolute atomic E-state index is 0.112. The maximum atomic E-state index is 11.5. The molecule has 1 amide bonds. The van der Waals surface area contributed by atoms with Crippen molar-refractivity contribution in [2.45, 2.75) is 13.3 Å². The Morgan fingerprint density at radius 3 is 2.64 bits per heavy atom. The summed E-state index contributed by atoms with van der Waals surface area (Å²) >= 11 is 1.01. The fourth-order valence-corrected chi connectivity index (χ4v) is 1.92. The minimum Gasteiger partial charge on any atom is -0.464 e. The lowest BCUT2D eigenvalue weighted by molar-refractivity contribution is -0.152. The molecule has 0 radical (unpaired) electrons. The highest BCUT2D eigenvalue weighted by Gasteiger charge is 2.21. The SMILES string of the molecule is CCCOC(=O)C(=O)Nc1nc(C(=NOC)C(=O)OC)cs1. The molecule has 0 aliphatic heterocycles. The summed E-state index contributed by atoms with van der Waals surface area (Å²) in [6.45, 7) is 1.96. The summed E-state index contributed by atoms with van der Waals surface area (Å²) in [5, 5.41) is 7.36. The van der Waals surface area contributed by atoms with Gasteiger partial charge in [-0.1, -0.05) is 12.1 Å². The van der Waals surface area contributed by atoms with E-state index in [0.717, 1.165) is 11.3 Å². The number of hydrogen-bond donors (Lipinski definition) is 1. The molecule has 22 heavy (non-hydrogen) atoms. The second-order valence-corrected chi connectivity index (χ2v) is 4.60. The number of rotatable bonds is 6. The van der Waals surface area contributed by atoms with E-state index >= 15 is 0 Å². The lowest BCUT2D eigenvalue weighted by Crippen LogP contribution is -2.25. The maximum absolute atomic E-state index is 11.5. The quantitative estimate of drug-likeness (QED) is 0.351. The number of carbonyl (C=O) groups is 3. The van der Waals surface area contributed by atoms with Crippen LogP contribution in [0.2, 0.25) is 0 Å². The zero-order valence-electron chi connectivity index (χ0n) is 12.2. The van der Waals surface area contributed by atoms with Crippen LogP contribution in [0.5, 0.6) is 0 Å². The highest BCUT2D eigenvalue weighted by molar-refractivity contribution is 7.14. The number of nitrogens with zero attached hydrogens (tertiary/aromatic N) is 2. The molecule has 0 unspecified atom stereocenters. The normalized spacial score (nSPS) is 10.8. The number of nitrogens with one attached hydrogen (secondary N) is 1. The van der Waals surface area contributed by atoms with Gasteiger partial charge in [0.25, 0.3) is 0 Å². The highest BCUT2D eigenvalue weighted by atomic mass is 32.1. The van der Waals surface area contributed by atoms with Gasteiger partial charge in [0, 0.05) is 5.38 Å². The van der Waals surface area contributed by atoms with Crippen LogP contribution in [0, 0.1) is 0 Å². The number of ether oxygens (including phenoxy) is 2. The van der Waals surface area contributed by atoms with Gasteiger partial charge in [-0.2, -0.15) is 0 Å². The van der Waals surface area contributed by atoms with Gasteiger partial charge in [-0.15, -0.1) is 11.3 Å². The molecular formula is C12H15N3O6S. The van der Waals surface area contributed by atoms with Crippen molar-refractivity contribution in [2.24, 2.45) is 5.16 Å². The molecule has 0 aliphatic rings. The Morgan fingerprint density at radius 2 is 2.05 bits per heavy atom. The molecule has 0 bridgehead atoms. The van der Waals surface area contributed by atoms with Crippen LogP contribution < -0.4 is 5.32 Å². The predicted octanol–water partition coefficient (Wildman–Crippen LogP) is 0.558. The first-order valence-corrected chi connectivity index (χ1v) is 7.04. The molecule has 1 heterocycles. The van der Waals surface area contributed by atoms with Crippen LogP contribution in [0.3, 0.4) is 0 Å². The van der Waals surface area contributed by atoms with Gasteiger partial charge in [0.1, 0.15) is 12.8 Å². The van der Waals surface area contributed by atoms with Crippen molar-refractivity contribution in [3.8, 4) is 0 Å². The van der Waals surface area contributed by atoms with Crippen LogP contribution in [-0.2, 0) is 28.7 Å². The zero-order valence-corrected chi connectivity index (χ0v) is 13.1. The van der Waals surface area contributed by atoms with Crippen molar-refractivity contribution in [3.63, 3.8) is 0 Å². The minimum atomic E-state index is -1.00. The number of anilines is 1. The first-order valence-electron chi connectivity index (χ1n) is 6.16. The van der Waals surface area contributed by atoms with Gasteiger partial charge in [0.15, 0.2) is 5.13 Å². The molecule has 1 aromatic heterocycles. The molecule has 120 valence electrons. The second kappa shape index (κ2) is 8.72. The monoisotopic (exact) mass is 329 g/mol. The molecule has 10 heteroatoms. The fraction of sp³-hybridized carbons (Fsp3) is 0.417. The molecule has 0 aliphatic carbocycles. The van der Waals surface area contributed by atoms with Gasteiger partial charge in [0.05, 0.1) is 13.7 Å². The Labute approximate surface area is 130 Å². The Bertz CT molecular complexity index is 583. The summed E-state index contributed by atoms with van der Waals surface area (Å²) in [5.74, 6) is -2.69. The van der Waals surface area contributed by atoms with E-state index in [1.807, 2.05) is 6.92 Å². The third kappa shape index (κ3) is 4.81. The van der Waals surface area contributed by atoms with Crippen LogP contribution >= 0.6 is 11.3 Å². The molecular weight excluding hydrogens is 314 g/mol. The standard InChI is InChI=1S/C12H15N3O6S/c1-4-5-21-11(18)9(16)14-12-13-7(6-22-12)8(15-20-3)10(17)19-2/h6H,4-5H2,1-3H3,(H,13,14,16). The average molecular weight is 329 g/mol. The Morgan fingerprint density at radius 1 is 1.32 bits per heavy atom.